The van der Waals surface area contributed by atoms with E-state index >= 15 is 0 Å². The molecule has 1 unspecified atom stereocenters. The topological polar surface area (TPSA) is 60.1 Å². The Balaban J connectivity index is 1.73. The van der Waals surface area contributed by atoms with Crippen molar-refractivity contribution in [2.24, 2.45) is 0 Å². The average Bonchev–Trinajstić information content (AvgIpc) is 3.22. The Labute approximate surface area is 119 Å². The second-order valence-electron chi connectivity index (χ2n) is 4.28. The zero-order valence-electron chi connectivity index (χ0n) is 10.6. The molecule has 0 fully saturated rings. The van der Waals surface area contributed by atoms with E-state index in [0.717, 1.165) is 5.56 Å². The van der Waals surface area contributed by atoms with E-state index in [-0.39, 0.29) is 11.9 Å². The number of carbonyl (C=O) groups is 1. The van der Waals surface area contributed by atoms with E-state index in [0.29, 0.717) is 12.1 Å². The smallest absolute Gasteiger partial charge is 0.254 e. The Bertz CT molecular complexity index is 610. The predicted octanol–water partition coefficient (Wildman–Crippen LogP) is 2.56. The van der Waals surface area contributed by atoms with E-state index in [1.807, 2.05) is 28.4 Å². The molecule has 3 aromatic rings. The van der Waals surface area contributed by atoms with E-state index in [4.69, 9.17) is 4.42 Å². The second-order valence-corrected chi connectivity index (χ2v) is 5.06. The summed E-state index contributed by atoms with van der Waals surface area (Å²) in [4.78, 5) is 12.0. The van der Waals surface area contributed by atoms with Crippen molar-refractivity contribution in [2.75, 3.05) is 6.54 Å². The van der Waals surface area contributed by atoms with Crippen LogP contribution in [-0.4, -0.2) is 22.2 Å². The Hall–Kier alpha value is -2.34. The van der Waals surface area contributed by atoms with Crippen LogP contribution in [0, 0.1) is 0 Å². The summed E-state index contributed by atoms with van der Waals surface area (Å²) in [6, 6.07) is 5.55. The molecule has 0 bridgehead atoms. The second kappa shape index (κ2) is 5.75. The number of nitrogens with zero attached hydrogens (tertiary/aromatic N) is 2. The largest absolute Gasteiger partial charge is 0.472 e. The van der Waals surface area contributed by atoms with Gasteiger partial charge >= 0.3 is 0 Å². The van der Waals surface area contributed by atoms with Gasteiger partial charge in [-0.05, 0) is 34.5 Å². The third-order valence-electron chi connectivity index (χ3n) is 3.01. The highest BCUT2D eigenvalue weighted by Crippen LogP contribution is 2.19. The third-order valence-corrected chi connectivity index (χ3v) is 3.71. The van der Waals surface area contributed by atoms with Gasteiger partial charge in [0.1, 0.15) is 6.26 Å². The molecule has 102 valence electrons. The predicted molar refractivity (Wildman–Crippen MR) is 75.7 cm³/mol. The molecule has 0 saturated carbocycles. The number of aromatic nitrogens is 2. The van der Waals surface area contributed by atoms with Crippen molar-refractivity contribution in [3.05, 3.63) is 65.0 Å². The van der Waals surface area contributed by atoms with E-state index in [2.05, 4.69) is 15.8 Å². The lowest BCUT2D eigenvalue weighted by molar-refractivity contribution is 0.0948. The summed E-state index contributed by atoms with van der Waals surface area (Å²) in [5.74, 6) is -0.147. The van der Waals surface area contributed by atoms with E-state index in [1.54, 1.807) is 23.6 Å². The number of nitrogens with one attached hydrogen (secondary N) is 1. The lowest BCUT2D eigenvalue weighted by Gasteiger charge is -2.17. The van der Waals surface area contributed by atoms with Crippen molar-refractivity contribution in [1.82, 2.24) is 15.1 Å². The van der Waals surface area contributed by atoms with Gasteiger partial charge in [-0.15, -0.1) is 0 Å². The molecule has 6 heteroatoms. The van der Waals surface area contributed by atoms with Crippen molar-refractivity contribution in [3.63, 3.8) is 0 Å². The monoisotopic (exact) mass is 287 g/mol. The van der Waals surface area contributed by atoms with E-state index in [1.165, 1.54) is 12.5 Å². The maximum absolute atomic E-state index is 12.0. The Morgan fingerprint density at radius 3 is 3.10 bits per heavy atom. The molecule has 0 aliphatic rings. The molecule has 1 amide bonds. The van der Waals surface area contributed by atoms with Crippen LogP contribution in [0.3, 0.4) is 0 Å². The highest BCUT2D eigenvalue weighted by molar-refractivity contribution is 7.07. The summed E-state index contributed by atoms with van der Waals surface area (Å²) < 4.78 is 6.76. The summed E-state index contributed by atoms with van der Waals surface area (Å²) in [7, 11) is 0. The number of hydrogen-bond acceptors (Lipinski definition) is 4. The SMILES string of the molecule is O=C(NCC(c1ccsc1)n1cccn1)c1ccoc1. The van der Waals surface area contributed by atoms with Crippen LogP contribution in [0.15, 0.2) is 58.3 Å². The summed E-state index contributed by atoms with van der Waals surface area (Å²) in [5.41, 5.74) is 1.65. The van der Waals surface area contributed by atoms with Gasteiger partial charge in [-0.2, -0.15) is 16.4 Å². The lowest BCUT2D eigenvalue weighted by atomic mass is 10.1. The number of carbonyl (C=O) groups excluding carboxylic acids is 1. The van der Waals surface area contributed by atoms with Crippen molar-refractivity contribution in [3.8, 4) is 0 Å². The van der Waals surface area contributed by atoms with Gasteiger partial charge in [0.05, 0.1) is 17.9 Å². The molecule has 0 aromatic carbocycles. The van der Waals surface area contributed by atoms with Gasteiger partial charge < -0.3 is 9.73 Å². The third kappa shape index (κ3) is 2.65. The summed E-state index contributed by atoms with van der Waals surface area (Å²) in [6.45, 7) is 0.475. The van der Waals surface area contributed by atoms with Crippen LogP contribution in [-0.2, 0) is 0 Å². The lowest BCUT2D eigenvalue weighted by Crippen LogP contribution is -2.31. The first-order valence-electron chi connectivity index (χ1n) is 6.16. The molecule has 20 heavy (non-hydrogen) atoms. The van der Waals surface area contributed by atoms with Crippen LogP contribution >= 0.6 is 11.3 Å². The molecule has 0 spiro atoms. The van der Waals surface area contributed by atoms with Gasteiger partial charge in [-0.1, -0.05) is 0 Å². The molecule has 0 radical (unpaired) electrons. The van der Waals surface area contributed by atoms with Crippen molar-refractivity contribution >= 4 is 17.2 Å². The number of amides is 1. The normalized spacial score (nSPS) is 12.2. The Kier molecular flexibility index (Phi) is 3.64. The van der Waals surface area contributed by atoms with Gasteiger partial charge in [-0.3, -0.25) is 9.48 Å². The molecule has 1 atom stereocenters. The maximum atomic E-state index is 12.0. The maximum Gasteiger partial charge on any atom is 0.254 e. The fourth-order valence-electron chi connectivity index (χ4n) is 1.98. The van der Waals surface area contributed by atoms with Gasteiger partial charge in [-0.25, -0.2) is 0 Å². The first-order chi connectivity index (χ1) is 9.84. The zero-order valence-corrected chi connectivity index (χ0v) is 11.4. The van der Waals surface area contributed by atoms with Crippen LogP contribution in [0.25, 0.3) is 0 Å². The summed E-state index contributed by atoms with van der Waals surface area (Å²) >= 11 is 1.63. The first-order valence-corrected chi connectivity index (χ1v) is 7.10. The fourth-order valence-corrected chi connectivity index (χ4v) is 2.69. The highest BCUT2D eigenvalue weighted by atomic mass is 32.1. The number of hydrogen-bond donors (Lipinski definition) is 1. The Morgan fingerprint density at radius 2 is 2.45 bits per heavy atom. The minimum atomic E-state index is -0.147. The number of thiophene rings is 1. The molecule has 0 saturated heterocycles. The van der Waals surface area contributed by atoms with Gasteiger partial charge in [0.15, 0.2) is 0 Å². The minimum Gasteiger partial charge on any atom is -0.472 e. The van der Waals surface area contributed by atoms with E-state index < -0.39 is 0 Å². The van der Waals surface area contributed by atoms with Crippen LogP contribution < -0.4 is 5.32 Å². The number of furan rings is 1. The molecule has 0 aliphatic heterocycles. The van der Waals surface area contributed by atoms with Crippen molar-refractivity contribution in [1.29, 1.82) is 0 Å². The summed E-state index contributed by atoms with van der Waals surface area (Å²) in [6.07, 6.45) is 6.55. The van der Waals surface area contributed by atoms with Crippen LogP contribution in [0.1, 0.15) is 22.0 Å². The molecule has 3 rings (SSSR count). The van der Waals surface area contributed by atoms with Crippen molar-refractivity contribution in [2.45, 2.75) is 6.04 Å². The van der Waals surface area contributed by atoms with Crippen LogP contribution in [0.5, 0.6) is 0 Å². The quantitative estimate of drug-likeness (QED) is 0.784. The molecule has 3 aromatic heterocycles. The molecule has 5 nitrogen and oxygen atoms in total. The molecule has 0 aliphatic carbocycles. The molecular weight excluding hydrogens is 274 g/mol. The number of rotatable bonds is 5. The van der Waals surface area contributed by atoms with Gasteiger partial charge in [0.25, 0.3) is 5.91 Å². The van der Waals surface area contributed by atoms with Crippen LogP contribution in [0.2, 0.25) is 0 Å². The average molecular weight is 287 g/mol. The van der Waals surface area contributed by atoms with Gasteiger partial charge in [0.2, 0.25) is 0 Å². The van der Waals surface area contributed by atoms with Crippen LogP contribution in [0.4, 0.5) is 0 Å². The fraction of sp³-hybridized carbons (Fsp3) is 0.143. The Morgan fingerprint density at radius 1 is 1.50 bits per heavy atom. The summed E-state index contributed by atoms with van der Waals surface area (Å²) in [5, 5.41) is 11.3. The van der Waals surface area contributed by atoms with Crippen molar-refractivity contribution < 1.29 is 9.21 Å². The zero-order chi connectivity index (χ0) is 13.8. The molecule has 1 N–H and O–H groups in total. The van der Waals surface area contributed by atoms with E-state index in [9.17, 15) is 4.79 Å². The standard InChI is InChI=1S/C14H13N3O2S/c18-14(11-2-6-19-9-11)15-8-13(12-3-7-20-10-12)17-5-1-4-16-17/h1-7,9-10,13H,8H2,(H,15,18). The molecular formula is C14H13N3O2S. The minimum absolute atomic E-state index is 0.00731. The van der Waals surface area contributed by atoms with Gasteiger partial charge in [0, 0.05) is 18.9 Å². The highest BCUT2D eigenvalue weighted by Gasteiger charge is 2.16. The molecule has 3 heterocycles. The first kappa shape index (κ1) is 12.7.